The SMILES string of the molecule is Nc1c(O)ccc(C(=O)c2ccccc2)c1O. The van der Waals surface area contributed by atoms with Crippen LogP contribution in [0, 0.1) is 0 Å². The van der Waals surface area contributed by atoms with Crippen molar-refractivity contribution in [3.8, 4) is 11.5 Å². The number of nitrogens with two attached hydrogens (primary N) is 1. The highest BCUT2D eigenvalue weighted by Crippen LogP contribution is 2.34. The third-order valence-corrected chi connectivity index (χ3v) is 2.47. The number of carbonyl (C=O) groups excluding carboxylic acids is 1. The Labute approximate surface area is 97.9 Å². The second-order valence-corrected chi connectivity index (χ2v) is 3.59. The monoisotopic (exact) mass is 229 g/mol. The first kappa shape index (κ1) is 11.0. The van der Waals surface area contributed by atoms with Crippen LogP contribution in [-0.2, 0) is 0 Å². The van der Waals surface area contributed by atoms with Crippen LogP contribution in [0.4, 0.5) is 5.69 Å². The Morgan fingerprint density at radius 3 is 2.29 bits per heavy atom. The van der Waals surface area contributed by atoms with Crippen LogP contribution in [0.25, 0.3) is 0 Å². The molecule has 4 N–H and O–H groups in total. The highest BCUT2D eigenvalue weighted by atomic mass is 16.3. The van der Waals surface area contributed by atoms with Crippen molar-refractivity contribution in [3.63, 3.8) is 0 Å². The number of hydrogen-bond donors (Lipinski definition) is 3. The molecular formula is C13H11NO3. The lowest BCUT2D eigenvalue weighted by Gasteiger charge is -2.07. The molecule has 0 aromatic heterocycles. The molecule has 86 valence electrons. The Bertz CT molecular complexity index is 564. The topological polar surface area (TPSA) is 83.5 Å². The molecule has 0 aliphatic heterocycles. The van der Waals surface area contributed by atoms with Gasteiger partial charge in [0.15, 0.2) is 11.5 Å². The van der Waals surface area contributed by atoms with E-state index in [1.807, 2.05) is 0 Å². The molecule has 0 radical (unpaired) electrons. The minimum atomic E-state index is -0.390. The van der Waals surface area contributed by atoms with E-state index in [2.05, 4.69) is 0 Å². The summed E-state index contributed by atoms with van der Waals surface area (Å²) in [6.45, 7) is 0. The van der Waals surface area contributed by atoms with Gasteiger partial charge in [0.25, 0.3) is 0 Å². The zero-order valence-corrected chi connectivity index (χ0v) is 8.92. The highest BCUT2D eigenvalue weighted by molar-refractivity contribution is 6.11. The minimum absolute atomic E-state index is 0.0755. The third kappa shape index (κ3) is 1.92. The van der Waals surface area contributed by atoms with E-state index in [4.69, 9.17) is 5.73 Å². The van der Waals surface area contributed by atoms with Crippen molar-refractivity contribution in [3.05, 3.63) is 53.6 Å². The minimum Gasteiger partial charge on any atom is -0.506 e. The zero-order valence-electron chi connectivity index (χ0n) is 8.92. The zero-order chi connectivity index (χ0) is 12.4. The predicted octanol–water partition coefficient (Wildman–Crippen LogP) is 1.91. The first-order chi connectivity index (χ1) is 8.11. The molecule has 0 saturated carbocycles. The van der Waals surface area contributed by atoms with Crippen LogP contribution < -0.4 is 5.73 Å². The van der Waals surface area contributed by atoms with Gasteiger partial charge in [0.05, 0.1) is 5.56 Å². The lowest BCUT2D eigenvalue weighted by molar-refractivity contribution is 0.103. The molecule has 4 nitrogen and oxygen atoms in total. The molecule has 2 rings (SSSR count). The summed E-state index contributed by atoms with van der Waals surface area (Å²) in [4.78, 5) is 12.0. The maximum absolute atomic E-state index is 12.0. The summed E-state index contributed by atoms with van der Waals surface area (Å²) in [5.41, 5.74) is 5.79. The third-order valence-electron chi connectivity index (χ3n) is 2.47. The van der Waals surface area contributed by atoms with Crippen molar-refractivity contribution in [1.29, 1.82) is 0 Å². The normalized spacial score (nSPS) is 10.1. The molecule has 0 bridgehead atoms. The Morgan fingerprint density at radius 2 is 1.65 bits per heavy atom. The Morgan fingerprint density at radius 1 is 1.00 bits per heavy atom. The molecule has 0 fully saturated rings. The van der Waals surface area contributed by atoms with Crippen molar-refractivity contribution < 1.29 is 15.0 Å². The van der Waals surface area contributed by atoms with Gasteiger partial charge in [-0.1, -0.05) is 30.3 Å². The lowest BCUT2D eigenvalue weighted by atomic mass is 10.0. The molecule has 0 unspecified atom stereocenters. The van der Waals surface area contributed by atoms with E-state index in [0.717, 1.165) is 0 Å². The Balaban J connectivity index is 2.49. The van der Waals surface area contributed by atoms with Gasteiger partial charge in [-0.2, -0.15) is 0 Å². The van der Waals surface area contributed by atoms with E-state index in [0.29, 0.717) is 5.56 Å². The summed E-state index contributed by atoms with van der Waals surface area (Å²) in [6.07, 6.45) is 0. The molecule has 2 aromatic rings. The standard InChI is InChI=1S/C13H11NO3/c14-11-10(15)7-6-9(13(11)17)12(16)8-4-2-1-3-5-8/h1-7,15,17H,14H2. The number of hydrogen-bond acceptors (Lipinski definition) is 4. The molecule has 2 aromatic carbocycles. The van der Waals surface area contributed by atoms with Crippen LogP contribution in [-0.4, -0.2) is 16.0 Å². The van der Waals surface area contributed by atoms with Gasteiger partial charge in [-0.15, -0.1) is 0 Å². The molecule has 0 atom stereocenters. The molecule has 0 aliphatic carbocycles. The lowest BCUT2D eigenvalue weighted by Crippen LogP contribution is -2.02. The molecular weight excluding hydrogens is 218 g/mol. The van der Waals surface area contributed by atoms with Crippen LogP contribution >= 0.6 is 0 Å². The Hall–Kier alpha value is -2.49. The maximum atomic E-state index is 12.0. The number of rotatable bonds is 2. The van der Waals surface area contributed by atoms with Gasteiger partial charge in [-0.25, -0.2) is 0 Å². The van der Waals surface area contributed by atoms with Gasteiger partial charge < -0.3 is 15.9 Å². The number of nitrogen functional groups attached to an aromatic ring is 1. The van der Waals surface area contributed by atoms with Crippen molar-refractivity contribution in [1.82, 2.24) is 0 Å². The van der Waals surface area contributed by atoms with Crippen LogP contribution in [0.1, 0.15) is 15.9 Å². The second kappa shape index (κ2) is 4.17. The summed E-state index contributed by atoms with van der Waals surface area (Å²) >= 11 is 0. The van der Waals surface area contributed by atoms with Crippen molar-refractivity contribution in [2.24, 2.45) is 0 Å². The first-order valence-electron chi connectivity index (χ1n) is 5.01. The van der Waals surface area contributed by atoms with Crippen molar-refractivity contribution in [2.45, 2.75) is 0 Å². The quantitative estimate of drug-likeness (QED) is 0.417. The van der Waals surface area contributed by atoms with Gasteiger partial charge in [0.1, 0.15) is 11.4 Å². The molecule has 0 amide bonds. The summed E-state index contributed by atoms with van der Waals surface area (Å²) in [7, 11) is 0. The average Bonchev–Trinajstić information content (AvgIpc) is 2.36. The van der Waals surface area contributed by atoms with E-state index in [1.54, 1.807) is 30.3 Å². The number of benzene rings is 2. The maximum Gasteiger partial charge on any atom is 0.196 e. The van der Waals surface area contributed by atoms with E-state index in [9.17, 15) is 15.0 Å². The number of carbonyl (C=O) groups is 1. The van der Waals surface area contributed by atoms with E-state index in [-0.39, 0.29) is 28.5 Å². The van der Waals surface area contributed by atoms with Gasteiger partial charge >= 0.3 is 0 Å². The molecule has 4 heteroatoms. The molecule has 0 heterocycles. The number of anilines is 1. The summed E-state index contributed by atoms with van der Waals surface area (Å²) in [5.74, 6) is -0.972. The molecule has 17 heavy (non-hydrogen) atoms. The first-order valence-corrected chi connectivity index (χ1v) is 5.01. The van der Waals surface area contributed by atoms with Crippen LogP contribution in [0.5, 0.6) is 11.5 Å². The summed E-state index contributed by atoms with van der Waals surface area (Å²) in [6, 6.07) is 11.2. The van der Waals surface area contributed by atoms with Crippen LogP contribution in [0.3, 0.4) is 0 Å². The fourth-order valence-electron chi connectivity index (χ4n) is 1.53. The number of aromatic hydroxyl groups is 2. The highest BCUT2D eigenvalue weighted by Gasteiger charge is 2.16. The van der Waals surface area contributed by atoms with Crippen molar-refractivity contribution in [2.75, 3.05) is 5.73 Å². The fraction of sp³-hybridized carbons (Fsp3) is 0. The van der Waals surface area contributed by atoms with E-state index < -0.39 is 0 Å². The molecule has 0 saturated heterocycles. The second-order valence-electron chi connectivity index (χ2n) is 3.59. The summed E-state index contributed by atoms with van der Waals surface area (Å²) < 4.78 is 0. The average molecular weight is 229 g/mol. The Kier molecular flexibility index (Phi) is 2.70. The van der Waals surface area contributed by atoms with Crippen LogP contribution in [0.2, 0.25) is 0 Å². The number of phenolic OH excluding ortho intramolecular Hbond substituents is 2. The summed E-state index contributed by atoms with van der Waals surface area (Å²) in [5, 5.41) is 19.0. The largest absolute Gasteiger partial charge is 0.506 e. The predicted molar refractivity (Wildman–Crippen MR) is 64.1 cm³/mol. The van der Waals surface area contributed by atoms with Gasteiger partial charge in [0.2, 0.25) is 0 Å². The van der Waals surface area contributed by atoms with Crippen molar-refractivity contribution >= 4 is 11.5 Å². The smallest absolute Gasteiger partial charge is 0.196 e. The number of phenols is 2. The number of ketones is 1. The van der Waals surface area contributed by atoms with Gasteiger partial charge in [-0.3, -0.25) is 4.79 Å². The molecule has 0 spiro atoms. The van der Waals surface area contributed by atoms with Gasteiger partial charge in [0, 0.05) is 5.56 Å². The molecule has 0 aliphatic rings. The van der Waals surface area contributed by atoms with E-state index >= 15 is 0 Å². The van der Waals surface area contributed by atoms with Gasteiger partial charge in [-0.05, 0) is 12.1 Å². The van der Waals surface area contributed by atoms with Crippen LogP contribution in [0.15, 0.2) is 42.5 Å². The fourth-order valence-corrected chi connectivity index (χ4v) is 1.53. The van der Waals surface area contributed by atoms with E-state index in [1.165, 1.54) is 12.1 Å².